The lowest BCUT2D eigenvalue weighted by Gasteiger charge is -2.21. The Morgan fingerprint density at radius 2 is 1.82 bits per heavy atom. The highest BCUT2D eigenvalue weighted by Crippen LogP contribution is 2.27. The van der Waals surface area contributed by atoms with Crippen molar-refractivity contribution in [2.45, 2.75) is 13.0 Å². The van der Waals surface area contributed by atoms with Gasteiger partial charge in [0.2, 0.25) is 0 Å². The highest BCUT2D eigenvalue weighted by atomic mass is 79.9. The van der Waals surface area contributed by atoms with Gasteiger partial charge in [-0.1, -0.05) is 52.8 Å². The van der Waals surface area contributed by atoms with E-state index in [1.165, 1.54) is 0 Å². The van der Waals surface area contributed by atoms with Gasteiger partial charge in [0.25, 0.3) is 0 Å². The Bertz CT molecular complexity index is 638. The van der Waals surface area contributed by atoms with Gasteiger partial charge in [0.15, 0.2) is 0 Å². The van der Waals surface area contributed by atoms with Gasteiger partial charge in [-0.05, 0) is 36.8 Å². The van der Waals surface area contributed by atoms with Crippen LogP contribution in [0, 0.1) is 0 Å². The molecule has 3 nitrogen and oxygen atoms in total. The van der Waals surface area contributed by atoms with Crippen LogP contribution >= 0.6 is 15.9 Å². The van der Waals surface area contributed by atoms with Gasteiger partial charge < -0.3 is 10.1 Å². The number of hydrogen-bond donors (Lipinski definition) is 1. The molecule has 22 heavy (non-hydrogen) atoms. The second-order valence-corrected chi connectivity index (χ2v) is 5.66. The number of benzene rings is 2. The summed E-state index contributed by atoms with van der Waals surface area (Å²) < 4.78 is 6.08. The minimum absolute atomic E-state index is 0.331. The Labute approximate surface area is 139 Å². The third-order valence-corrected chi connectivity index (χ3v) is 3.70. The highest BCUT2D eigenvalue weighted by molar-refractivity contribution is 9.10. The van der Waals surface area contributed by atoms with Crippen molar-refractivity contribution >= 4 is 27.6 Å². The molecule has 0 aliphatic rings. The molecule has 0 aliphatic carbocycles. The molecular formula is C18H18BrNO2. The predicted octanol–water partition coefficient (Wildman–Crippen LogP) is 4.72. The molecule has 2 aromatic rings. The Morgan fingerprint density at radius 1 is 1.18 bits per heavy atom. The van der Waals surface area contributed by atoms with Gasteiger partial charge in [-0.2, -0.15) is 0 Å². The largest absolute Gasteiger partial charge is 0.463 e. The normalized spacial score (nSPS) is 11.5. The molecule has 0 bridgehead atoms. The number of nitrogens with one attached hydrogen (secondary N) is 1. The average molecular weight is 360 g/mol. The maximum atomic E-state index is 12.0. The van der Waals surface area contributed by atoms with E-state index in [0.29, 0.717) is 12.2 Å². The summed E-state index contributed by atoms with van der Waals surface area (Å²) >= 11 is 3.41. The zero-order chi connectivity index (χ0) is 15.9. The van der Waals surface area contributed by atoms with Crippen LogP contribution in [0.5, 0.6) is 0 Å². The first-order valence-electron chi connectivity index (χ1n) is 7.04. The van der Waals surface area contributed by atoms with Crippen molar-refractivity contribution in [2.24, 2.45) is 0 Å². The van der Waals surface area contributed by atoms with Crippen molar-refractivity contribution in [2.75, 3.05) is 11.9 Å². The van der Waals surface area contributed by atoms with Gasteiger partial charge in [0.1, 0.15) is 0 Å². The van der Waals surface area contributed by atoms with Crippen LogP contribution in [-0.4, -0.2) is 12.6 Å². The number of carbonyl (C=O) groups excluding carboxylic acids is 1. The van der Waals surface area contributed by atoms with E-state index in [1.807, 2.05) is 54.6 Å². The molecule has 0 aliphatic heterocycles. The van der Waals surface area contributed by atoms with Crippen LogP contribution in [0.25, 0.3) is 0 Å². The number of halogens is 1. The summed E-state index contributed by atoms with van der Waals surface area (Å²) in [6.07, 6.45) is 0. The van der Waals surface area contributed by atoms with E-state index in [2.05, 4.69) is 27.8 Å². The van der Waals surface area contributed by atoms with E-state index in [4.69, 9.17) is 4.74 Å². The zero-order valence-electron chi connectivity index (χ0n) is 12.4. The van der Waals surface area contributed by atoms with Crippen molar-refractivity contribution < 1.29 is 9.53 Å². The zero-order valence-corrected chi connectivity index (χ0v) is 14.0. The summed E-state index contributed by atoms with van der Waals surface area (Å²) in [7, 11) is 0. The molecule has 0 aromatic heterocycles. The van der Waals surface area contributed by atoms with E-state index in [0.717, 1.165) is 15.7 Å². The molecule has 2 rings (SSSR count). The predicted molar refractivity (Wildman–Crippen MR) is 92.7 cm³/mol. The average Bonchev–Trinajstić information content (AvgIpc) is 2.55. The number of rotatable bonds is 6. The molecule has 1 atom stereocenters. The summed E-state index contributed by atoms with van der Waals surface area (Å²) in [5.41, 5.74) is 2.25. The lowest BCUT2D eigenvalue weighted by Crippen LogP contribution is -2.20. The first-order chi connectivity index (χ1) is 10.6. The second kappa shape index (κ2) is 7.80. The van der Waals surface area contributed by atoms with E-state index in [9.17, 15) is 4.79 Å². The SMILES string of the molecule is C=C(C(=O)OCC)[C@H](Nc1ccc(Br)cc1)c1ccccc1. The van der Waals surface area contributed by atoms with E-state index in [-0.39, 0.29) is 12.0 Å². The first-order valence-corrected chi connectivity index (χ1v) is 7.84. The lowest BCUT2D eigenvalue weighted by atomic mass is 9.99. The fourth-order valence-corrected chi connectivity index (χ4v) is 2.34. The van der Waals surface area contributed by atoms with Crippen LogP contribution in [0.3, 0.4) is 0 Å². The third-order valence-electron chi connectivity index (χ3n) is 3.17. The maximum Gasteiger partial charge on any atom is 0.335 e. The second-order valence-electron chi connectivity index (χ2n) is 4.74. The molecule has 0 saturated heterocycles. The molecule has 0 amide bonds. The van der Waals surface area contributed by atoms with Crippen LogP contribution in [0.1, 0.15) is 18.5 Å². The quantitative estimate of drug-likeness (QED) is 0.598. The van der Waals surface area contributed by atoms with E-state index < -0.39 is 0 Å². The smallest absolute Gasteiger partial charge is 0.335 e. The molecule has 0 saturated carbocycles. The van der Waals surface area contributed by atoms with Crippen molar-refractivity contribution in [3.05, 3.63) is 76.8 Å². The van der Waals surface area contributed by atoms with Crippen LogP contribution in [-0.2, 0) is 9.53 Å². The van der Waals surface area contributed by atoms with Crippen molar-refractivity contribution in [1.29, 1.82) is 0 Å². The van der Waals surface area contributed by atoms with Crippen molar-refractivity contribution in [3.63, 3.8) is 0 Å². The molecule has 114 valence electrons. The molecule has 1 N–H and O–H groups in total. The Morgan fingerprint density at radius 3 is 2.41 bits per heavy atom. The lowest BCUT2D eigenvalue weighted by molar-refractivity contribution is -0.138. The number of ether oxygens (including phenoxy) is 1. The molecule has 0 spiro atoms. The van der Waals surface area contributed by atoms with Crippen molar-refractivity contribution in [1.82, 2.24) is 0 Å². The number of carbonyl (C=O) groups is 1. The third kappa shape index (κ3) is 4.21. The molecule has 0 heterocycles. The molecule has 0 fully saturated rings. The standard InChI is InChI=1S/C18H18BrNO2/c1-3-22-18(21)13(2)17(14-7-5-4-6-8-14)20-16-11-9-15(19)10-12-16/h4-12,17,20H,2-3H2,1H3/t17-/m0/s1. The molecular weight excluding hydrogens is 342 g/mol. The number of anilines is 1. The Kier molecular flexibility index (Phi) is 5.78. The highest BCUT2D eigenvalue weighted by Gasteiger charge is 2.21. The maximum absolute atomic E-state index is 12.0. The fourth-order valence-electron chi connectivity index (χ4n) is 2.07. The molecule has 2 aromatic carbocycles. The Balaban J connectivity index is 2.27. The Hall–Kier alpha value is -2.07. The monoisotopic (exact) mass is 359 g/mol. The van der Waals surface area contributed by atoms with Gasteiger partial charge in [-0.25, -0.2) is 4.79 Å². The van der Waals surface area contributed by atoms with Crippen LogP contribution in [0.4, 0.5) is 5.69 Å². The summed E-state index contributed by atoms with van der Waals surface area (Å²) in [6.45, 7) is 6.03. The van der Waals surface area contributed by atoms with Gasteiger partial charge in [0, 0.05) is 10.2 Å². The van der Waals surface area contributed by atoms with E-state index in [1.54, 1.807) is 6.92 Å². The van der Waals surface area contributed by atoms with Gasteiger partial charge in [0.05, 0.1) is 18.2 Å². The molecule has 0 radical (unpaired) electrons. The molecule has 0 unspecified atom stereocenters. The van der Waals surface area contributed by atoms with Crippen LogP contribution < -0.4 is 5.32 Å². The first kappa shape index (κ1) is 16.3. The van der Waals surface area contributed by atoms with Gasteiger partial charge in [-0.3, -0.25) is 0 Å². The number of esters is 1. The van der Waals surface area contributed by atoms with Crippen LogP contribution in [0.2, 0.25) is 0 Å². The van der Waals surface area contributed by atoms with Crippen LogP contribution in [0.15, 0.2) is 71.2 Å². The molecule has 4 heteroatoms. The fraction of sp³-hybridized carbons (Fsp3) is 0.167. The summed E-state index contributed by atoms with van der Waals surface area (Å²) in [5.74, 6) is -0.388. The summed E-state index contributed by atoms with van der Waals surface area (Å²) in [5, 5.41) is 3.34. The summed E-state index contributed by atoms with van der Waals surface area (Å²) in [4.78, 5) is 12.0. The van der Waals surface area contributed by atoms with Gasteiger partial charge in [-0.15, -0.1) is 0 Å². The van der Waals surface area contributed by atoms with E-state index >= 15 is 0 Å². The topological polar surface area (TPSA) is 38.3 Å². The minimum Gasteiger partial charge on any atom is -0.463 e. The van der Waals surface area contributed by atoms with Crippen molar-refractivity contribution in [3.8, 4) is 0 Å². The minimum atomic E-state index is -0.388. The summed E-state index contributed by atoms with van der Waals surface area (Å²) in [6, 6.07) is 17.2. The number of hydrogen-bond acceptors (Lipinski definition) is 3. The van der Waals surface area contributed by atoms with Gasteiger partial charge >= 0.3 is 5.97 Å².